The van der Waals surface area contributed by atoms with Crippen LogP contribution in [-0.2, 0) is 0 Å². The Hall–Kier alpha value is -1.42. The normalized spacial score (nSPS) is 10.5. The summed E-state index contributed by atoms with van der Waals surface area (Å²) in [5, 5.41) is 3.31. The van der Waals surface area contributed by atoms with E-state index < -0.39 is 0 Å². The first-order chi connectivity index (χ1) is 8.19. The Morgan fingerprint density at radius 1 is 1.24 bits per heavy atom. The molecule has 0 fully saturated rings. The van der Waals surface area contributed by atoms with Crippen molar-refractivity contribution in [1.82, 2.24) is 9.97 Å². The number of nitrogens with one attached hydrogen (secondary N) is 1. The highest BCUT2D eigenvalue weighted by molar-refractivity contribution is 7.15. The molecule has 0 aromatic carbocycles. The van der Waals surface area contributed by atoms with E-state index in [4.69, 9.17) is 0 Å². The molecule has 0 aliphatic heterocycles. The van der Waals surface area contributed by atoms with E-state index in [1.54, 1.807) is 11.3 Å². The maximum Gasteiger partial charge on any atom is 0.130 e. The van der Waals surface area contributed by atoms with Gasteiger partial charge in [0.05, 0.1) is 10.6 Å². The Labute approximate surface area is 106 Å². The predicted octanol–water partition coefficient (Wildman–Crippen LogP) is 3.64. The zero-order valence-electron chi connectivity index (χ0n) is 10.4. The monoisotopic (exact) mass is 247 g/mol. The summed E-state index contributed by atoms with van der Waals surface area (Å²) in [6.07, 6.45) is 1.09. The molecule has 0 bridgehead atoms. The van der Waals surface area contributed by atoms with Gasteiger partial charge in [-0.25, -0.2) is 9.97 Å². The molecule has 0 atom stereocenters. The van der Waals surface area contributed by atoms with Crippen molar-refractivity contribution in [3.05, 3.63) is 28.9 Å². The molecule has 2 aromatic rings. The molecular weight excluding hydrogens is 230 g/mol. The maximum atomic E-state index is 4.48. The fraction of sp³-hybridized carbons (Fsp3) is 0.385. The number of thiophene rings is 1. The van der Waals surface area contributed by atoms with Gasteiger partial charge in [0, 0.05) is 17.5 Å². The quantitative estimate of drug-likeness (QED) is 0.896. The zero-order chi connectivity index (χ0) is 12.3. The Morgan fingerprint density at radius 2 is 2.06 bits per heavy atom. The summed E-state index contributed by atoms with van der Waals surface area (Å²) >= 11 is 1.76. The molecule has 3 nitrogen and oxygen atoms in total. The van der Waals surface area contributed by atoms with Crippen LogP contribution in [0.3, 0.4) is 0 Å². The van der Waals surface area contributed by atoms with E-state index in [9.17, 15) is 0 Å². The molecule has 2 rings (SSSR count). The molecule has 4 heteroatoms. The standard InChI is InChI=1S/C13H17N3S/c1-4-7-14-13-8-11(15-10(3)16-13)12-6-5-9(2)17-12/h5-6,8H,4,7H2,1-3H3,(H,14,15,16). The van der Waals surface area contributed by atoms with E-state index in [-0.39, 0.29) is 0 Å². The van der Waals surface area contributed by atoms with Crippen molar-refractivity contribution in [3.8, 4) is 10.6 Å². The van der Waals surface area contributed by atoms with Crippen LogP contribution in [0.2, 0.25) is 0 Å². The zero-order valence-corrected chi connectivity index (χ0v) is 11.3. The number of hydrogen-bond acceptors (Lipinski definition) is 4. The lowest BCUT2D eigenvalue weighted by molar-refractivity contribution is 0.955. The van der Waals surface area contributed by atoms with Crippen LogP contribution >= 0.6 is 11.3 Å². The van der Waals surface area contributed by atoms with Crippen LogP contribution in [0.5, 0.6) is 0 Å². The van der Waals surface area contributed by atoms with Crippen LogP contribution in [0.15, 0.2) is 18.2 Å². The van der Waals surface area contributed by atoms with Crippen molar-refractivity contribution in [2.24, 2.45) is 0 Å². The van der Waals surface area contributed by atoms with Crippen LogP contribution in [0, 0.1) is 13.8 Å². The lowest BCUT2D eigenvalue weighted by atomic mass is 10.3. The summed E-state index contributed by atoms with van der Waals surface area (Å²) < 4.78 is 0. The Bertz CT molecular complexity index is 505. The molecule has 17 heavy (non-hydrogen) atoms. The number of aromatic nitrogens is 2. The van der Waals surface area contributed by atoms with Gasteiger partial charge in [-0.15, -0.1) is 11.3 Å². The van der Waals surface area contributed by atoms with Gasteiger partial charge in [-0.3, -0.25) is 0 Å². The third kappa shape index (κ3) is 3.03. The Morgan fingerprint density at radius 3 is 2.71 bits per heavy atom. The van der Waals surface area contributed by atoms with Gasteiger partial charge >= 0.3 is 0 Å². The Kier molecular flexibility index (Phi) is 3.74. The first kappa shape index (κ1) is 12.0. The number of anilines is 1. The van der Waals surface area contributed by atoms with E-state index in [1.807, 2.05) is 13.0 Å². The maximum absolute atomic E-state index is 4.48. The topological polar surface area (TPSA) is 37.8 Å². The summed E-state index contributed by atoms with van der Waals surface area (Å²) in [5.41, 5.74) is 1.01. The van der Waals surface area contributed by atoms with E-state index in [1.165, 1.54) is 9.75 Å². The second kappa shape index (κ2) is 5.27. The van der Waals surface area contributed by atoms with Gasteiger partial charge in [0.1, 0.15) is 11.6 Å². The minimum absolute atomic E-state index is 0.812. The average molecular weight is 247 g/mol. The second-order valence-corrected chi connectivity index (χ2v) is 5.31. The van der Waals surface area contributed by atoms with E-state index in [0.717, 1.165) is 30.3 Å². The molecule has 90 valence electrons. The minimum atomic E-state index is 0.812. The van der Waals surface area contributed by atoms with Crippen molar-refractivity contribution in [2.45, 2.75) is 27.2 Å². The highest BCUT2D eigenvalue weighted by Crippen LogP contribution is 2.27. The van der Waals surface area contributed by atoms with E-state index >= 15 is 0 Å². The highest BCUT2D eigenvalue weighted by Gasteiger charge is 2.05. The molecule has 0 radical (unpaired) electrons. The van der Waals surface area contributed by atoms with Crippen LogP contribution < -0.4 is 5.32 Å². The fourth-order valence-corrected chi connectivity index (χ4v) is 2.44. The van der Waals surface area contributed by atoms with Gasteiger partial charge in [0.15, 0.2) is 0 Å². The first-order valence-corrected chi connectivity index (χ1v) is 6.67. The molecule has 2 aromatic heterocycles. The van der Waals surface area contributed by atoms with Crippen LogP contribution in [0.4, 0.5) is 5.82 Å². The predicted molar refractivity (Wildman–Crippen MR) is 73.6 cm³/mol. The molecule has 1 N–H and O–H groups in total. The smallest absolute Gasteiger partial charge is 0.130 e. The van der Waals surface area contributed by atoms with Crippen LogP contribution in [0.1, 0.15) is 24.0 Å². The second-order valence-electron chi connectivity index (χ2n) is 4.02. The number of nitrogens with zero attached hydrogens (tertiary/aromatic N) is 2. The summed E-state index contributed by atoms with van der Waals surface area (Å²) in [5.74, 6) is 1.73. The van der Waals surface area contributed by atoms with Crippen LogP contribution in [-0.4, -0.2) is 16.5 Å². The molecule has 0 aliphatic rings. The van der Waals surface area contributed by atoms with Crippen LogP contribution in [0.25, 0.3) is 10.6 Å². The molecule has 2 heterocycles. The van der Waals surface area contributed by atoms with Gasteiger partial charge < -0.3 is 5.32 Å². The molecule has 0 amide bonds. The third-order valence-corrected chi connectivity index (χ3v) is 3.41. The lowest BCUT2D eigenvalue weighted by Crippen LogP contribution is -2.04. The van der Waals surface area contributed by atoms with Crippen molar-refractivity contribution in [2.75, 3.05) is 11.9 Å². The van der Waals surface area contributed by atoms with Gasteiger partial charge in [0.25, 0.3) is 0 Å². The number of rotatable bonds is 4. The van der Waals surface area contributed by atoms with E-state index in [0.29, 0.717) is 0 Å². The fourth-order valence-electron chi connectivity index (χ4n) is 1.61. The summed E-state index contributed by atoms with van der Waals surface area (Å²) in [7, 11) is 0. The third-order valence-electron chi connectivity index (χ3n) is 2.39. The summed E-state index contributed by atoms with van der Waals surface area (Å²) in [6, 6.07) is 6.26. The molecule has 0 unspecified atom stereocenters. The van der Waals surface area contributed by atoms with Gasteiger partial charge in [-0.1, -0.05) is 6.92 Å². The van der Waals surface area contributed by atoms with Crippen molar-refractivity contribution >= 4 is 17.2 Å². The SMILES string of the molecule is CCCNc1cc(-c2ccc(C)s2)nc(C)n1. The minimum Gasteiger partial charge on any atom is -0.370 e. The number of aryl methyl sites for hydroxylation is 2. The van der Waals surface area contributed by atoms with Gasteiger partial charge in [-0.05, 0) is 32.4 Å². The molecular formula is C13H17N3S. The summed E-state index contributed by atoms with van der Waals surface area (Å²) in [4.78, 5) is 11.4. The van der Waals surface area contributed by atoms with Gasteiger partial charge in [-0.2, -0.15) is 0 Å². The highest BCUT2D eigenvalue weighted by atomic mass is 32.1. The average Bonchev–Trinajstić information content (AvgIpc) is 2.72. The first-order valence-electron chi connectivity index (χ1n) is 5.85. The molecule has 0 saturated carbocycles. The molecule has 0 saturated heterocycles. The number of hydrogen-bond donors (Lipinski definition) is 1. The molecule has 0 spiro atoms. The van der Waals surface area contributed by atoms with Crippen molar-refractivity contribution < 1.29 is 0 Å². The van der Waals surface area contributed by atoms with Crippen molar-refractivity contribution in [3.63, 3.8) is 0 Å². The Balaban J connectivity index is 2.31. The summed E-state index contributed by atoms with van der Waals surface area (Å²) in [6.45, 7) is 7.13. The van der Waals surface area contributed by atoms with E-state index in [2.05, 4.69) is 41.3 Å². The van der Waals surface area contributed by atoms with Crippen molar-refractivity contribution in [1.29, 1.82) is 0 Å². The molecule has 0 aliphatic carbocycles. The largest absolute Gasteiger partial charge is 0.370 e. The lowest BCUT2D eigenvalue weighted by Gasteiger charge is -2.06. The van der Waals surface area contributed by atoms with Gasteiger partial charge in [0.2, 0.25) is 0 Å².